The minimum atomic E-state index is 0. The van der Waals surface area contributed by atoms with Gasteiger partial charge in [0.1, 0.15) is 0 Å². The molecule has 7 heteroatoms. The zero-order valence-corrected chi connectivity index (χ0v) is 15.8. The van der Waals surface area contributed by atoms with E-state index in [1.807, 2.05) is 49.1 Å². The van der Waals surface area contributed by atoms with E-state index in [1.54, 1.807) is 0 Å². The van der Waals surface area contributed by atoms with Crippen LogP contribution in [-0.2, 0) is 29.9 Å². The van der Waals surface area contributed by atoms with Crippen molar-refractivity contribution in [2.75, 3.05) is 0 Å². The molecule has 0 aliphatic carbocycles. The normalized spacial score (nSPS) is 7.04. The standard InChI is InChI=1S/2C7H9N.2CNS.Mn/c2*1-2-7-3-5-8-6-4-7;2*2-1-3;/h2*3-6H,2H2,1H3;;;/q;;2*-1;+2. The maximum atomic E-state index is 7.13. The van der Waals surface area contributed by atoms with Crippen LogP contribution < -0.4 is 0 Å². The van der Waals surface area contributed by atoms with E-state index in [2.05, 4.69) is 48.3 Å². The van der Waals surface area contributed by atoms with Crippen LogP contribution in [0.2, 0.25) is 0 Å². The minimum absolute atomic E-state index is 0. The summed E-state index contributed by atoms with van der Waals surface area (Å²) >= 11 is 7.40. The van der Waals surface area contributed by atoms with Gasteiger partial charge in [-0.3, -0.25) is 9.97 Å². The average molecular weight is 385 g/mol. The van der Waals surface area contributed by atoms with Gasteiger partial charge >= 0.3 is 17.1 Å². The van der Waals surface area contributed by atoms with Crippen molar-refractivity contribution in [3.8, 4) is 0 Å². The molecule has 2 heterocycles. The van der Waals surface area contributed by atoms with Crippen molar-refractivity contribution in [2.45, 2.75) is 26.7 Å². The van der Waals surface area contributed by atoms with Crippen LogP contribution in [0.5, 0.6) is 0 Å². The zero-order chi connectivity index (χ0) is 17.1. The predicted molar refractivity (Wildman–Crippen MR) is 99.1 cm³/mol. The molecule has 0 N–H and O–H groups in total. The third-order valence-corrected chi connectivity index (χ3v) is 2.32. The molecule has 2 aromatic rings. The molecule has 0 bridgehead atoms. The summed E-state index contributed by atoms with van der Waals surface area (Å²) in [5.41, 5.74) is 2.69. The molecule has 4 nitrogen and oxygen atoms in total. The minimum Gasteiger partial charge on any atom is -0.753 e. The fraction of sp³-hybridized carbons (Fsp3) is 0.250. The SMILES string of the molecule is CCc1ccncc1.CCc1ccncc1.[Mn+2].[N-]=C=S.[N-]=C=S. The van der Waals surface area contributed by atoms with E-state index in [-0.39, 0.29) is 17.1 Å². The van der Waals surface area contributed by atoms with Crippen LogP contribution in [0.3, 0.4) is 0 Å². The molecule has 23 heavy (non-hydrogen) atoms. The van der Waals surface area contributed by atoms with Crippen LogP contribution in [-0.4, -0.2) is 20.3 Å². The fourth-order valence-corrected chi connectivity index (χ4v) is 1.24. The number of hydrogen-bond donors (Lipinski definition) is 0. The first-order valence-electron chi connectivity index (χ1n) is 6.50. The summed E-state index contributed by atoms with van der Waals surface area (Å²) in [5.74, 6) is 0. The molecule has 0 amide bonds. The Morgan fingerprint density at radius 1 is 0.783 bits per heavy atom. The van der Waals surface area contributed by atoms with Crippen molar-refractivity contribution in [3.63, 3.8) is 0 Å². The van der Waals surface area contributed by atoms with E-state index in [0.29, 0.717) is 0 Å². The molecule has 0 aliphatic heterocycles. The van der Waals surface area contributed by atoms with E-state index in [4.69, 9.17) is 10.8 Å². The van der Waals surface area contributed by atoms with Gasteiger partial charge in [0.2, 0.25) is 0 Å². The van der Waals surface area contributed by atoms with E-state index < -0.39 is 0 Å². The van der Waals surface area contributed by atoms with Crippen LogP contribution in [0, 0.1) is 0 Å². The largest absolute Gasteiger partial charge is 2.00 e. The molecule has 0 aliphatic rings. The Morgan fingerprint density at radius 3 is 1.13 bits per heavy atom. The number of rotatable bonds is 2. The zero-order valence-electron chi connectivity index (χ0n) is 13.0. The fourth-order valence-electron chi connectivity index (χ4n) is 1.24. The monoisotopic (exact) mass is 385 g/mol. The van der Waals surface area contributed by atoms with Gasteiger partial charge in [-0.05, 0) is 48.2 Å². The van der Waals surface area contributed by atoms with Crippen LogP contribution in [0.4, 0.5) is 0 Å². The molecule has 2 aromatic heterocycles. The van der Waals surface area contributed by atoms with Crippen LogP contribution in [0.15, 0.2) is 49.1 Å². The molecular formula is C16H18MnN4S2. The van der Waals surface area contributed by atoms with E-state index in [9.17, 15) is 0 Å². The smallest absolute Gasteiger partial charge is 0.753 e. The Hall–Kier alpha value is -1.58. The van der Waals surface area contributed by atoms with Crippen molar-refractivity contribution in [3.05, 3.63) is 71.0 Å². The maximum absolute atomic E-state index is 7.13. The molecule has 2 rings (SSSR count). The van der Waals surface area contributed by atoms with Gasteiger partial charge in [-0.25, -0.2) is 0 Å². The summed E-state index contributed by atoms with van der Waals surface area (Å²) < 4.78 is 0. The maximum Gasteiger partial charge on any atom is 2.00 e. The van der Waals surface area contributed by atoms with Gasteiger partial charge in [0.25, 0.3) is 0 Å². The van der Waals surface area contributed by atoms with Crippen molar-refractivity contribution in [1.82, 2.24) is 9.97 Å². The Bertz CT molecular complexity index is 487. The third kappa shape index (κ3) is 20.4. The summed E-state index contributed by atoms with van der Waals surface area (Å²) in [6, 6.07) is 8.11. The number of pyridine rings is 2. The second kappa shape index (κ2) is 22.7. The predicted octanol–water partition coefficient (Wildman–Crippen LogP) is 4.60. The molecular weight excluding hydrogens is 367 g/mol. The average Bonchev–Trinajstić information content (AvgIpc) is 2.58. The molecule has 0 fully saturated rings. The first-order valence-corrected chi connectivity index (χ1v) is 7.31. The number of nitrogens with zero attached hydrogens (tertiary/aromatic N) is 4. The van der Waals surface area contributed by atoms with Gasteiger partial charge in [0, 0.05) is 24.8 Å². The first-order chi connectivity index (χ1) is 10.7. The second-order valence-corrected chi connectivity index (χ2v) is 3.97. The van der Waals surface area contributed by atoms with Crippen molar-refractivity contribution < 1.29 is 17.1 Å². The summed E-state index contributed by atoms with van der Waals surface area (Å²) in [7, 11) is 0. The van der Waals surface area contributed by atoms with Crippen LogP contribution >= 0.6 is 24.4 Å². The van der Waals surface area contributed by atoms with Crippen molar-refractivity contribution in [1.29, 1.82) is 0 Å². The summed E-state index contributed by atoms with van der Waals surface area (Å²) in [6.07, 6.45) is 9.47. The van der Waals surface area contributed by atoms with Gasteiger partial charge < -0.3 is 10.8 Å². The molecule has 0 saturated heterocycles. The summed E-state index contributed by atoms with van der Waals surface area (Å²) in [5, 5.41) is 16.9. The van der Waals surface area contributed by atoms with E-state index >= 15 is 0 Å². The van der Waals surface area contributed by atoms with E-state index in [1.165, 1.54) is 21.4 Å². The first kappa shape index (κ1) is 26.3. The number of aryl methyl sites for hydroxylation is 2. The van der Waals surface area contributed by atoms with Crippen molar-refractivity contribution >= 4 is 34.8 Å². The molecule has 121 valence electrons. The quantitative estimate of drug-likeness (QED) is 0.430. The third-order valence-electron chi connectivity index (χ3n) is 2.32. The summed E-state index contributed by atoms with van der Waals surface area (Å²) in [6.45, 7) is 4.27. The van der Waals surface area contributed by atoms with Gasteiger partial charge in [-0.2, -0.15) is 10.3 Å². The Kier molecular flexibility index (Phi) is 26.0. The Morgan fingerprint density at radius 2 is 1.00 bits per heavy atom. The summed E-state index contributed by atoms with van der Waals surface area (Å²) in [4.78, 5) is 7.79. The Labute approximate surface area is 159 Å². The number of thiocarbonyl (C=S) groups is 2. The van der Waals surface area contributed by atoms with Crippen molar-refractivity contribution in [2.24, 2.45) is 0 Å². The molecule has 1 radical (unpaired) electrons. The van der Waals surface area contributed by atoms with Gasteiger partial charge in [0.05, 0.1) is 0 Å². The van der Waals surface area contributed by atoms with Crippen LogP contribution in [0.1, 0.15) is 25.0 Å². The van der Waals surface area contributed by atoms with Gasteiger partial charge in [-0.15, -0.1) is 0 Å². The molecule has 0 aromatic carbocycles. The van der Waals surface area contributed by atoms with Gasteiger partial charge in [-0.1, -0.05) is 38.3 Å². The molecule has 0 unspecified atom stereocenters. The molecule has 0 spiro atoms. The van der Waals surface area contributed by atoms with Crippen LogP contribution in [0.25, 0.3) is 10.8 Å². The number of isothiocyanates is 2. The number of aromatic nitrogens is 2. The van der Waals surface area contributed by atoms with E-state index in [0.717, 1.165) is 12.8 Å². The number of hydrogen-bond acceptors (Lipinski definition) is 4. The molecule has 0 atom stereocenters. The Balaban J connectivity index is -0.000000253. The van der Waals surface area contributed by atoms with Gasteiger partial charge in [0.15, 0.2) is 0 Å². The second-order valence-electron chi connectivity index (χ2n) is 3.60. The topological polar surface area (TPSA) is 70.4 Å². The molecule has 0 saturated carbocycles.